The number of likely N-dealkylation sites (tertiary alicyclic amines) is 1. The van der Waals surface area contributed by atoms with Crippen molar-refractivity contribution in [3.63, 3.8) is 0 Å². The minimum Gasteiger partial charge on any atom is -0.326 e. The number of benzene rings is 2. The van der Waals surface area contributed by atoms with Crippen LogP contribution in [0.3, 0.4) is 0 Å². The molecule has 0 saturated carbocycles. The van der Waals surface area contributed by atoms with E-state index in [2.05, 4.69) is 41.5 Å². The highest BCUT2D eigenvalue weighted by Gasteiger charge is 2.26. The summed E-state index contributed by atoms with van der Waals surface area (Å²) in [5.41, 5.74) is 3.44. The summed E-state index contributed by atoms with van der Waals surface area (Å²) in [4.78, 5) is 38.5. The van der Waals surface area contributed by atoms with Crippen molar-refractivity contribution >= 4 is 29.0 Å². The van der Waals surface area contributed by atoms with Crippen LogP contribution < -0.4 is 10.6 Å². The van der Waals surface area contributed by atoms with Crippen LogP contribution >= 0.6 is 0 Å². The predicted octanol–water partition coefficient (Wildman–Crippen LogP) is 4.38. The van der Waals surface area contributed by atoms with Crippen LogP contribution in [0.5, 0.6) is 0 Å². The van der Waals surface area contributed by atoms with E-state index in [1.54, 1.807) is 24.3 Å². The van der Waals surface area contributed by atoms with Crippen LogP contribution in [0.15, 0.2) is 48.5 Å². The molecule has 2 aromatic rings. The molecule has 2 aromatic carbocycles. The van der Waals surface area contributed by atoms with Crippen LogP contribution in [-0.2, 0) is 16.0 Å². The Balaban J connectivity index is 1.44. The summed E-state index contributed by atoms with van der Waals surface area (Å²) in [7, 11) is 0. The average Bonchev–Trinajstić information content (AvgIpc) is 2.75. The van der Waals surface area contributed by atoms with Crippen molar-refractivity contribution in [2.45, 2.75) is 40.0 Å². The summed E-state index contributed by atoms with van der Waals surface area (Å²) in [5.74, 6) is 0.617. The molecule has 0 bridgehead atoms. The molecule has 2 N–H and O–H groups in total. The largest absolute Gasteiger partial charge is 0.326 e. The summed E-state index contributed by atoms with van der Waals surface area (Å²) >= 11 is 0. The van der Waals surface area contributed by atoms with Gasteiger partial charge in [-0.25, -0.2) is 0 Å². The lowest BCUT2D eigenvalue weighted by atomic mass is 9.88. The molecule has 32 heavy (non-hydrogen) atoms. The summed E-state index contributed by atoms with van der Waals surface area (Å²) in [6.45, 7) is 7.61. The van der Waals surface area contributed by atoms with Crippen molar-refractivity contribution in [1.29, 1.82) is 0 Å². The monoisotopic (exact) mass is 435 g/mol. The van der Waals surface area contributed by atoms with Gasteiger partial charge in [-0.1, -0.05) is 38.1 Å². The van der Waals surface area contributed by atoms with Gasteiger partial charge in [-0.2, -0.15) is 0 Å². The highest BCUT2D eigenvalue weighted by molar-refractivity contribution is 5.98. The van der Waals surface area contributed by atoms with Gasteiger partial charge in [-0.15, -0.1) is 0 Å². The van der Waals surface area contributed by atoms with Crippen LogP contribution in [0, 0.1) is 11.8 Å². The Morgan fingerprint density at radius 1 is 0.906 bits per heavy atom. The fraction of sp³-hybridized carbons (Fsp3) is 0.423. The molecule has 1 saturated heterocycles. The van der Waals surface area contributed by atoms with Crippen LogP contribution in [0.4, 0.5) is 11.4 Å². The molecule has 0 aromatic heterocycles. The van der Waals surface area contributed by atoms with Gasteiger partial charge in [0.05, 0.1) is 6.54 Å². The maximum Gasteiger partial charge on any atom is 0.238 e. The molecule has 170 valence electrons. The Morgan fingerprint density at radius 3 is 2.00 bits per heavy atom. The van der Waals surface area contributed by atoms with E-state index in [0.717, 1.165) is 37.9 Å². The second-order valence-corrected chi connectivity index (χ2v) is 9.02. The second-order valence-electron chi connectivity index (χ2n) is 9.02. The van der Waals surface area contributed by atoms with Gasteiger partial charge in [-0.05, 0) is 68.1 Å². The SMILES string of the molecule is CC(=O)Nc1ccc(NC(=O)CN2CCC(C(=O)c3ccc(CC(C)C)cc3)CC2)cc1. The minimum atomic E-state index is -0.133. The quantitative estimate of drug-likeness (QED) is 0.603. The summed E-state index contributed by atoms with van der Waals surface area (Å²) in [5, 5.41) is 5.59. The van der Waals surface area contributed by atoms with Gasteiger partial charge >= 0.3 is 0 Å². The van der Waals surface area contributed by atoms with Crippen molar-refractivity contribution in [3.8, 4) is 0 Å². The molecular weight excluding hydrogens is 402 g/mol. The fourth-order valence-corrected chi connectivity index (χ4v) is 4.11. The molecule has 2 amide bonds. The Kier molecular flexibility index (Phi) is 8.17. The first-order chi connectivity index (χ1) is 15.3. The van der Waals surface area contributed by atoms with Gasteiger partial charge < -0.3 is 10.6 Å². The smallest absolute Gasteiger partial charge is 0.238 e. The Hall–Kier alpha value is -2.99. The lowest BCUT2D eigenvalue weighted by Gasteiger charge is -2.30. The van der Waals surface area contributed by atoms with E-state index in [0.29, 0.717) is 23.8 Å². The molecule has 0 spiro atoms. The normalized spacial score (nSPS) is 14.9. The number of piperidine rings is 1. The van der Waals surface area contributed by atoms with Gasteiger partial charge in [0.15, 0.2) is 5.78 Å². The Labute approximate surface area is 190 Å². The van der Waals surface area contributed by atoms with E-state index in [4.69, 9.17) is 0 Å². The average molecular weight is 436 g/mol. The molecule has 3 rings (SSSR count). The molecule has 1 heterocycles. The second kappa shape index (κ2) is 11.0. The van der Waals surface area contributed by atoms with E-state index in [-0.39, 0.29) is 23.5 Å². The Bertz CT molecular complexity index is 928. The third kappa shape index (κ3) is 7.02. The highest BCUT2D eigenvalue weighted by atomic mass is 16.2. The summed E-state index contributed by atoms with van der Waals surface area (Å²) < 4.78 is 0. The molecule has 0 atom stereocenters. The van der Waals surface area contributed by atoms with Crippen molar-refractivity contribution in [1.82, 2.24) is 4.90 Å². The molecule has 0 radical (unpaired) electrons. The number of carbonyl (C=O) groups excluding carboxylic acids is 3. The highest BCUT2D eigenvalue weighted by Crippen LogP contribution is 2.23. The molecule has 6 heteroatoms. The third-order valence-electron chi connectivity index (χ3n) is 5.70. The van der Waals surface area contributed by atoms with E-state index < -0.39 is 0 Å². The zero-order chi connectivity index (χ0) is 23.1. The van der Waals surface area contributed by atoms with Crippen LogP contribution in [0.25, 0.3) is 0 Å². The number of anilines is 2. The molecule has 6 nitrogen and oxygen atoms in total. The van der Waals surface area contributed by atoms with Gasteiger partial charge in [0.25, 0.3) is 0 Å². The third-order valence-corrected chi connectivity index (χ3v) is 5.70. The lowest BCUT2D eigenvalue weighted by molar-refractivity contribution is -0.117. The first-order valence-corrected chi connectivity index (χ1v) is 11.3. The Morgan fingerprint density at radius 2 is 1.47 bits per heavy atom. The fourth-order valence-electron chi connectivity index (χ4n) is 4.11. The van der Waals surface area contributed by atoms with Gasteiger partial charge in [-0.3, -0.25) is 19.3 Å². The number of rotatable bonds is 8. The molecule has 1 fully saturated rings. The summed E-state index contributed by atoms with van der Waals surface area (Å²) in [6.07, 6.45) is 2.56. The lowest BCUT2D eigenvalue weighted by Crippen LogP contribution is -2.40. The number of amides is 2. The van der Waals surface area contributed by atoms with E-state index in [1.807, 2.05) is 12.1 Å². The maximum absolute atomic E-state index is 12.9. The van der Waals surface area contributed by atoms with Gasteiger partial charge in [0.2, 0.25) is 11.8 Å². The van der Waals surface area contributed by atoms with E-state index in [1.165, 1.54) is 12.5 Å². The standard InChI is InChI=1S/C26H33N3O3/c1-18(2)16-20-4-6-21(7-5-20)26(32)22-12-14-29(15-13-22)17-25(31)28-24-10-8-23(9-11-24)27-19(3)30/h4-11,18,22H,12-17H2,1-3H3,(H,27,30)(H,28,31). The first-order valence-electron chi connectivity index (χ1n) is 11.3. The minimum absolute atomic E-state index is 0.0200. The zero-order valence-corrected chi connectivity index (χ0v) is 19.2. The number of Topliss-reactive ketones (excluding diaryl/α,β-unsaturated/α-hetero) is 1. The van der Waals surface area contributed by atoms with Crippen molar-refractivity contribution in [3.05, 3.63) is 59.7 Å². The number of hydrogen-bond acceptors (Lipinski definition) is 4. The predicted molar refractivity (Wildman–Crippen MR) is 128 cm³/mol. The van der Waals surface area contributed by atoms with Crippen LogP contribution in [0.1, 0.15) is 49.5 Å². The first kappa shape index (κ1) is 23.7. The number of carbonyl (C=O) groups is 3. The van der Waals surface area contributed by atoms with Crippen LogP contribution in [-0.4, -0.2) is 42.1 Å². The molecule has 1 aliphatic heterocycles. The number of nitrogens with one attached hydrogen (secondary N) is 2. The van der Waals surface area contributed by atoms with Crippen molar-refractivity contribution in [2.24, 2.45) is 11.8 Å². The van der Waals surface area contributed by atoms with Crippen molar-refractivity contribution in [2.75, 3.05) is 30.3 Å². The maximum atomic E-state index is 12.9. The topological polar surface area (TPSA) is 78.5 Å². The number of nitrogens with zero attached hydrogens (tertiary/aromatic N) is 1. The van der Waals surface area contributed by atoms with E-state index >= 15 is 0 Å². The summed E-state index contributed by atoms with van der Waals surface area (Å²) in [6, 6.07) is 15.1. The van der Waals surface area contributed by atoms with Gasteiger partial charge in [0.1, 0.15) is 0 Å². The van der Waals surface area contributed by atoms with E-state index in [9.17, 15) is 14.4 Å². The van der Waals surface area contributed by atoms with Crippen molar-refractivity contribution < 1.29 is 14.4 Å². The molecular formula is C26H33N3O3. The van der Waals surface area contributed by atoms with Crippen LogP contribution in [0.2, 0.25) is 0 Å². The van der Waals surface area contributed by atoms with Gasteiger partial charge in [0, 0.05) is 29.8 Å². The zero-order valence-electron chi connectivity index (χ0n) is 19.2. The molecule has 1 aliphatic rings. The number of hydrogen-bond donors (Lipinski definition) is 2. The molecule has 0 unspecified atom stereocenters. The molecule has 0 aliphatic carbocycles. The number of ketones is 1.